The highest BCUT2D eigenvalue weighted by molar-refractivity contribution is 5.09. The summed E-state index contributed by atoms with van der Waals surface area (Å²) in [6, 6.07) is 0. The molecule has 0 aromatic rings. The molecular weight excluding hydrogens is 180 g/mol. The Morgan fingerprint density at radius 3 is 1.87 bits per heavy atom. The minimum absolute atomic E-state index is 0.919. The molecule has 7 atom stereocenters. The van der Waals surface area contributed by atoms with Gasteiger partial charge in [-0.15, -0.1) is 0 Å². The Balaban J connectivity index is 1.72. The summed E-state index contributed by atoms with van der Waals surface area (Å²) in [4.78, 5) is 0. The lowest BCUT2D eigenvalue weighted by Gasteiger charge is -2.68. The first-order chi connectivity index (χ1) is 7.09. The van der Waals surface area contributed by atoms with Crippen LogP contribution in [0.4, 0.5) is 0 Å². The second kappa shape index (κ2) is 3.25. The molecule has 0 aliphatic heterocycles. The van der Waals surface area contributed by atoms with Gasteiger partial charge in [-0.25, -0.2) is 0 Å². The Bertz CT molecular complexity index is 255. The van der Waals surface area contributed by atoms with Gasteiger partial charge in [0.1, 0.15) is 0 Å². The predicted octanol–water partition coefficient (Wildman–Crippen LogP) is 4.21. The maximum atomic E-state index is 2.53. The molecule has 0 N–H and O–H groups in total. The van der Waals surface area contributed by atoms with Crippen LogP contribution < -0.4 is 0 Å². The summed E-state index contributed by atoms with van der Waals surface area (Å²) in [5.41, 5.74) is 0. The van der Waals surface area contributed by atoms with Crippen LogP contribution >= 0.6 is 0 Å². The van der Waals surface area contributed by atoms with Crippen molar-refractivity contribution in [2.24, 2.45) is 47.3 Å². The predicted molar refractivity (Wildman–Crippen MR) is 64.5 cm³/mol. The van der Waals surface area contributed by atoms with Crippen LogP contribution in [0.1, 0.15) is 47.0 Å². The van der Waals surface area contributed by atoms with Gasteiger partial charge >= 0.3 is 0 Å². The fourth-order valence-electron chi connectivity index (χ4n) is 5.33. The van der Waals surface area contributed by atoms with E-state index in [-0.39, 0.29) is 0 Å². The molecular formula is C15H26. The fraction of sp³-hybridized carbons (Fsp3) is 1.00. The first-order valence-electron chi connectivity index (χ1n) is 7.09. The van der Waals surface area contributed by atoms with E-state index in [0.717, 1.165) is 47.3 Å². The molecule has 3 saturated carbocycles. The van der Waals surface area contributed by atoms with Crippen molar-refractivity contribution in [3.8, 4) is 0 Å². The number of hydrogen-bond donors (Lipinski definition) is 0. The van der Waals surface area contributed by atoms with Crippen LogP contribution in [0.25, 0.3) is 0 Å². The van der Waals surface area contributed by atoms with Gasteiger partial charge in [-0.05, 0) is 66.6 Å². The summed E-state index contributed by atoms with van der Waals surface area (Å²) in [7, 11) is 0. The van der Waals surface area contributed by atoms with Gasteiger partial charge in [0.25, 0.3) is 0 Å². The zero-order valence-corrected chi connectivity index (χ0v) is 10.7. The molecule has 7 unspecified atom stereocenters. The van der Waals surface area contributed by atoms with Gasteiger partial charge in [-0.1, -0.05) is 27.7 Å². The summed E-state index contributed by atoms with van der Waals surface area (Å²) in [6.07, 6.45) is 4.65. The van der Waals surface area contributed by atoms with Gasteiger partial charge in [0.05, 0.1) is 0 Å². The molecule has 3 fully saturated rings. The van der Waals surface area contributed by atoms with Crippen molar-refractivity contribution in [1.82, 2.24) is 0 Å². The average Bonchev–Trinajstić information content (AvgIpc) is 2.12. The van der Waals surface area contributed by atoms with Crippen molar-refractivity contribution in [2.45, 2.75) is 47.0 Å². The van der Waals surface area contributed by atoms with E-state index in [0.29, 0.717) is 0 Å². The van der Waals surface area contributed by atoms with E-state index >= 15 is 0 Å². The van der Waals surface area contributed by atoms with Gasteiger partial charge in [0.2, 0.25) is 0 Å². The van der Waals surface area contributed by atoms with Crippen LogP contribution in [-0.4, -0.2) is 0 Å². The largest absolute Gasteiger partial charge is 0.0625 e. The SMILES string of the molecule is CC(C)C1CC(C)C2C3CC(C)C3C2C1. The zero-order chi connectivity index (χ0) is 10.7. The summed E-state index contributed by atoms with van der Waals surface area (Å²) in [6.45, 7) is 9.88. The maximum Gasteiger partial charge on any atom is -0.0326 e. The molecule has 0 heteroatoms. The summed E-state index contributed by atoms with van der Waals surface area (Å²) in [5, 5.41) is 0. The topological polar surface area (TPSA) is 0 Å². The molecule has 0 radical (unpaired) electrons. The fourth-order valence-corrected chi connectivity index (χ4v) is 5.33. The molecule has 0 spiro atoms. The highest BCUT2D eigenvalue weighted by atomic mass is 14.7. The third kappa shape index (κ3) is 1.26. The minimum atomic E-state index is 0.919. The van der Waals surface area contributed by atoms with Gasteiger partial charge < -0.3 is 0 Å². The third-order valence-electron chi connectivity index (χ3n) is 6.13. The van der Waals surface area contributed by atoms with E-state index in [9.17, 15) is 0 Å². The van der Waals surface area contributed by atoms with Crippen molar-refractivity contribution < 1.29 is 0 Å². The minimum Gasteiger partial charge on any atom is -0.0625 e. The van der Waals surface area contributed by atoms with Crippen LogP contribution in [0, 0.1) is 47.3 Å². The van der Waals surface area contributed by atoms with Gasteiger partial charge in [0, 0.05) is 0 Å². The molecule has 0 amide bonds. The average molecular weight is 206 g/mol. The second-order valence-corrected chi connectivity index (χ2v) is 7.15. The Hall–Kier alpha value is 0. The van der Waals surface area contributed by atoms with Crippen molar-refractivity contribution in [2.75, 3.05) is 0 Å². The third-order valence-corrected chi connectivity index (χ3v) is 6.13. The molecule has 0 nitrogen and oxygen atoms in total. The summed E-state index contributed by atoms with van der Waals surface area (Å²) in [5.74, 6) is 8.64. The van der Waals surface area contributed by atoms with Crippen LogP contribution in [0.5, 0.6) is 0 Å². The molecule has 3 aliphatic carbocycles. The molecule has 0 aromatic heterocycles. The monoisotopic (exact) mass is 206 g/mol. The van der Waals surface area contributed by atoms with E-state index < -0.39 is 0 Å². The van der Waals surface area contributed by atoms with Crippen molar-refractivity contribution in [3.05, 3.63) is 0 Å². The van der Waals surface area contributed by atoms with Crippen molar-refractivity contribution in [3.63, 3.8) is 0 Å². The van der Waals surface area contributed by atoms with Crippen LogP contribution in [0.15, 0.2) is 0 Å². The van der Waals surface area contributed by atoms with E-state index in [1.54, 1.807) is 12.8 Å². The normalized spacial score (nSPS) is 57.8. The van der Waals surface area contributed by atoms with Crippen molar-refractivity contribution >= 4 is 0 Å². The number of fused-ring (bicyclic) bond motifs is 4. The van der Waals surface area contributed by atoms with E-state index in [1.165, 1.54) is 6.42 Å². The molecule has 0 aromatic carbocycles. The number of hydrogen-bond acceptors (Lipinski definition) is 0. The lowest BCUT2D eigenvalue weighted by Crippen LogP contribution is -2.62. The molecule has 86 valence electrons. The molecule has 3 rings (SSSR count). The van der Waals surface area contributed by atoms with Crippen LogP contribution in [0.2, 0.25) is 0 Å². The molecule has 0 bridgehead atoms. The molecule has 15 heavy (non-hydrogen) atoms. The standard InChI is InChI=1S/C15H26/c1-8(2)11-5-9(3)14-12-6-10(4)15(12)13(14)7-11/h8-15H,5-7H2,1-4H3. The summed E-state index contributed by atoms with van der Waals surface area (Å²) >= 11 is 0. The first kappa shape index (κ1) is 10.2. The maximum absolute atomic E-state index is 2.53. The first-order valence-corrected chi connectivity index (χ1v) is 7.09. The van der Waals surface area contributed by atoms with Crippen LogP contribution in [-0.2, 0) is 0 Å². The molecule has 3 aliphatic rings. The van der Waals surface area contributed by atoms with Gasteiger partial charge in [-0.2, -0.15) is 0 Å². The Kier molecular flexibility index (Phi) is 2.20. The lowest BCUT2D eigenvalue weighted by molar-refractivity contribution is -0.195. The molecule has 0 heterocycles. The van der Waals surface area contributed by atoms with Gasteiger partial charge in [0.15, 0.2) is 0 Å². The summed E-state index contributed by atoms with van der Waals surface area (Å²) < 4.78 is 0. The Morgan fingerprint density at radius 1 is 0.800 bits per heavy atom. The highest BCUT2D eigenvalue weighted by Gasteiger charge is 2.61. The lowest BCUT2D eigenvalue weighted by atomic mass is 9.37. The van der Waals surface area contributed by atoms with Crippen LogP contribution in [0.3, 0.4) is 0 Å². The van der Waals surface area contributed by atoms with Gasteiger partial charge in [-0.3, -0.25) is 0 Å². The molecule has 0 saturated heterocycles. The number of rotatable bonds is 1. The van der Waals surface area contributed by atoms with E-state index in [4.69, 9.17) is 0 Å². The van der Waals surface area contributed by atoms with E-state index in [2.05, 4.69) is 27.7 Å². The smallest absolute Gasteiger partial charge is 0.0326 e. The quantitative estimate of drug-likeness (QED) is 0.603. The Morgan fingerprint density at radius 2 is 1.33 bits per heavy atom. The highest BCUT2D eigenvalue weighted by Crippen LogP contribution is 2.67. The van der Waals surface area contributed by atoms with E-state index in [1.807, 2.05) is 0 Å². The zero-order valence-electron chi connectivity index (χ0n) is 10.7. The van der Waals surface area contributed by atoms with Crippen molar-refractivity contribution in [1.29, 1.82) is 0 Å². The second-order valence-electron chi connectivity index (χ2n) is 7.15. The Labute approximate surface area is 94.8 Å².